The van der Waals surface area contributed by atoms with Gasteiger partial charge in [-0.3, -0.25) is 4.68 Å². The van der Waals surface area contributed by atoms with Crippen molar-refractivity contribution in [3.05, 3.63) is 16.4 Å². The Morgan fingerprint density at radius 2 is 2.11 bits per heavy atom. The maximum atomic E-state index is 4.42. The molecule has 1 aromatic heterocycles. The average Bonchev–Trinajstić information content (AvgIpc) is 2.66. The molecule has 0 fully saturated rings. The van der Waals surface area contributed by atoms with Gasteiger partial charge < -0.3 is 5.32 Å². The smallest absolute Gasteiger partial charge is 0.0635 e. The fraction of sp³-hybridized carbons (Fsp3) is 0.786. The molecule has 0 radical (unpaired) electrons. The van der Waals surface area contributed by atoms with Gasteiger partial charge in [0.25, 0.3) is 0 Å². The van der Waals surface area contributed by atoms with E-state index < -0.39 is 0 Å². The maximum Gasteiger partial charge on any atom is 0.0635 e. The Bertz CT molecular complexity index is 347. The third kappa shape index (κ3) is 4.39. The number of hydrogen-bond acceptors (Lipinski definition) is 2. The van der Waals surface area contributed by atoms with E-state index in [4.69, 9.17) is 0 Å². The van der Waals surface area contributed by atoms with Crippen LogP contribution in [0, 0.1) is 5.92 Å². The Kier molecular flexibility index (Phi) is 6.94. The molecule has 3 nitrogen and oxygen atoms in total. The summed E-state index contributed by atoms with van der Waals surface area (Å²) in [5.41, 5.74) is 1.33. The first-order valence-electron chi connectivity index (χ1n) is 7.03. The van der Waals surface area contributed by atoms with Crippen LogP contribution >= 0.6 is 15.9 Å². The number of nitrogens with one attached hydrogen (secondary N) is 1. The molecule has 0 saturated heterocycles. The van der Waals surface area contributed by atoms with Gasteiger partial charge in [-0.1, -0.05) is 27.7 Å². The minimum absolute atomic E-state index is 0.590. The van der Waals surface area contributed by atoms with Gasteiger partial charge in [0, 0.05) is 12.6 Å². The van der Waals surface area contributed by atoms with Gasteiger partial charge in [-0.25, -0.2) is 0 Å². The van der Waals surface area contributed by atoms with E-state index in [0.717, 1.165) is 30.4 Å². The highest BCUT2D eigenvalue weighted by atomic mass is 79.9. The molecular weight excluding hydrogens is 290 g/mol. The Balaban J connectivity index is 2.63. The summed E-state index contributed by atoms with van der Waals surface area (Å²) in [4.78, 5) is 0. The highest BCUT2D eigenvalue weighted by Crippen LogP contribution is 2.20. The van der Waals surface area contributed by atoms with E-state index in [2.05, 4.69) is 58.7 Å². The number of nitrogens with zero attached hydrogens (tertiary/aromatic N) is 2. The predicted octanol–water partition coefficient (Wildman–Crippen LogP) is 3.62. The number of halogens is 1. The van der Waals surface area contributed by atoms with E-state index in [9.17, 15) is 0 Å². The highest BCUT2D eigenvalue weighted by Gasteiger charge is 2.15. The lowest BCUT2D eigenvalue weighted by atomic mass is 9.98. The topological polar surface area (TPSA) is 29.9 Å². The lowest BCUT2D eigenvalue weighted by Crippen LogP contribution is -2.34. The summed E-state index contributed by atoms with van der Waals surface area (Å²) < 4.78 is 3.28. The van der Waals surface area contributed by atoms with Gasteiger partial charge in [0.05, 0.1) is 16.4 Å². The summed E-state index contributed by atoms with van der Waals surface area (Å²) in [7, 11) is 0. The van der Waals surface area contributed by atoms with Crippen LogP contribution in [-0.2, 0) is 13.0 Å². The van der Waals surface area contributed by atoms with Crippen LogP contribution in [-0.4, -0.2) is 22.4 Å². The van der Waals surface area contributed by atoms with Gasteiger partial charge in [-0.2, -0.15) is 5.10 Å². The SMILES string of the molecule is CCCn1ncc(Br)c1CCC(NCC)C(C)C. The van der Waals surface area contributed by atoms with Gasteiger partial charge in [0.15, 0.2) is 0 Å². The van der Waals surface area contributed by atoms with Crippen LogP contribution in [0.3, 0.4) is 0 Å². The van der Waals surface area contributed by atoms with Crippen molar-refractivity contribution in [2.45, 2.75) is 59.5 Å². The molecule has 0 aromatic carbocycles. The molecule has 1 atom stereocenters. The molecule has 1 aromatic rings. The summed E-state index contributed by atoms with van der Waals surface area (Å²) in [6.07, 6.45) is 5.29. The van der Waals surface area contributed by atoms with Gasteiger partial charge in [0.2, 0.25) is 0 Å². The summed E-state index contributed by atoms with van der Waals surface area (Å²) in [6, 6.07) is 0.590. The van der Waals surface area contributed by atoms with Crippen molar-refractivity contribution in [3.8, 4) is 0 Å². The minimum Gasteiger partial charge on any atom is -0.314 e. The second-order valence-corrected chi connectivity index (χ2v) is 5.96. The monoisotopic (exact) mass is 315 g/mol. The maximum absolute atomic E-state index is 4.42. The van der Waals surface area contributed by atoms with Crippen LogP contribution in [0.2, 0.25) is 0 Å². The standard InChI is InChI=1S/C14H26BrN3/c1-5-9-18-14(12(15)10-17-18)8-7-13(11(3)4)16-6-2/h10-11,13,16H,5-9H2,1-4H3. The lowest BCUT2D eigenvalue weighted by molar-refractivity contribution is 0.380. The van der Waals surface area contributed by atoms with Crippen LogP contribution < -0.4 is 5.32 Å². The molecule has 1 unspecified atom stereocenters. The van der Waals surface area contributed by atoms with Gasteiger partial charge in [-0.05, 0) is 47.7 Å². The van der Waals surface area contributed by atoms with Crippen LogP contribution in [0.5, 0.6) is 0 Å². The number of hydrogen-bond donors (Lipinski definition) is 1. The van der Waals surface area contributed by atoms with Gasteiger partial charge >= 0.3 is 0 Å². The van der Waals surface area contributed by atoms with Crippen molar-refractivity contribution >= 4 is 15.9 Å². The van der Waals surface area contributed by atoms with Crippen molar-refractivity contribution in [3.63, 3.8) is 0 Å². The summed E-state index contributed by atoms with van der Waals surface area (Å²) in [5.74, 6) is 0.672. The Morgan fingerprint density at radius 1 is 1.39 bits per heavy atom. The zero-order chi connectivity index (χ0) is 13.5. The van der Waals surface area contributed by atoms with E-state index in [1.165, 1.54) is 12.1 Å². The van der Waals surface area contributed by atoms with Crippen molar-refractivity contribution < 1.29 is 0 Å². The second-order valence-electron chi connectivity index (χ2n) is 5.11. The molecular formula is C14H26BrN3. The average molecular weight is 316 g/mol. The number of aromatic nitrogens is 2. The summed E-state index contributed by atoms with van der Waals surface area (Å²) in [6.45, 7) is 11.0. The second kappa shape index (κ2) is 7.95. The molecule has 18 heavy (non-hydrogen) atoms. The van der Waals surface area contributed by atoms with Crippen molar-refractivity contribution in [1.29, 1.82) is 0 Å². The molecule has 0 aliphatic carbocycles. The minimum atomic E-state index is 0.590. The Hall–Kier alpha value is -0.350. The summed E-state index contributed by atoms with van der Waals surface area (Å²) in [5, 5.41) is 7.99. The first-order valence-corrected chi connectivity index (χ1v) is 7.82. The zero-order valence-electron chi connectivity index (χ0n) is 12.0. The molecule has 1 N–H and O–H groups in total. The van der Waals surface area contributed by atoms with Crippen LogP contribution in [0.1, 0.15) is 46.2 Å². The first kappa shape index (κ1) is 15.7. The molecule has 0 amide bonds. The van der Waals surface area contributed by atoms with E-state index >= 15 is 0 Å². The normalized spacial score (nSPS) is 13.2. The third-order valence-electron chi connectivity index (χ3n) is 3.30. The van der Waals surface area contributed by atoms with E-state index in [0.29, 0.717) is 12.0 Å². The van der Waals surface area contributed by atoms with E-state index in [-0.39, 0.29) is 0 Å². The first-order chi connectivity index (χ1) is 8.60. The van der Waals surface area contributed by atoms with Crippen LogP contribution in [0.25, 0.3) is 0 Å². The van der Waals surface area contributed by atoms with E-state index in [1.54, 1.807) is 0 Å². The van der Waals surface area contributed by atoms with Crippen LogP contribution in [0.15, 0.2) is 10.7 Å². The fourth-order valence-corrected chi connectivity index (χ4v) is 2.76. The van der Waals surface area contributed by atoms with Gasteiger partial charge in [-0.15, -0.1) is 0 Å². The van der Waals surface area contributed by atoms with Gasteiger partial charge in [0.1, 0.15) is 0 Å². The zero-order valence-corrected chi connectivity index (χ0v) is 13.6. The molecule has 0 aliphatic rings. The Morgan fingerprint density at radius 3 is 2.67 bits per heavy atom. The molecule has 1 rings (SSSR count). The van der Waals surface area contributed by atoms with Crippen molar-refractivity contribution in [1.82, 2.24) is 15.1 Å². The lowest BCUT2D eigenvalue weighted by Gasteiger charge is -2.22. The molecule has 4 heteroatoms. The molecule has 1 heterocycles. The number of aryl methyl sites for hydroxylation is 1. The van der Waals surface area contributed by atoms with E-state index in [1.807, 2.05) is 6.20 Å². The summed E-state index contributed by atoms with van der Waals surface area (Å²) >= 11 is 3.61. The predicted molar refractivity (Wildman–Crippen MR) is 80.8 cm³/mol. The highest BCUT2D eigenvalue weighted by molar-refractivity contribution is 9.10. The largest absolute Gasteiger partial charge is 0.314 e. The number of rotatable bonds is 8. The third-order valence-corrected chi connectivity index (χ3v) is 3.96. The van der Waals surface area contributed by atoms with Crippen molar-refractivity contribution in [2.24, 2.45) is 5.92 Å². The van der Waals surface area contributed by atoms with Crippen molar-refractivity contribution in [2.75, 3.05) is 6.54 Å². The molecule has 104 valence electrons. The quantitative estimate of drug-likeness (QED) is 0.794. The Labute approximate surface area is 119 Å². The molecule has 0 spiro atoms. The molecule has 0 bridgehead atoms. The molecule has 0 saturated carbocycles. The fourth-order valence-electron chi connectivity index (χ4n) is 2.27. The van der Waals surface area contributed by atoms with Crippen LogP contribution in [0.4, 0.5) is 0 Å². The molecule has 0 aliphatic heterocycles.